The number of anilines is 1. The van der Waals surface area contributed by atoms with Gasteiger partial charge in [0.15, 0.2) is 5.78 Å². The molecule has 0 radical (unpaired) electrons. The summed E-state index contributed by atoms with van der Waals surface area (Å²) in [6.45, 7) is 8.39. The third kappa shape index (κ3) is 3.55. The summed E-state index contributed by atoms with van der Waals surface area (Å²) in [4.78, 5) is 12.5. The number of ketones is 1. The molecule has 2 aliphatic carbocycles. The number of hydrogen-bond acceptors (Lipinski definition) is 3. The standard InChI is InChI=1S/C22H27NO2/c1-5-25-21-13-20(18-7-6-8-19(18)21)22(16(4)24)15(3)23-17-11-9-14(2)10-12-17/h9-13,19,23H,5-8H2,1-4H3/b22-15+/t19-/m1/s1. The smallest absolute Gasteiger partial charge is 0.162 e. The van der Waals surface area contributed by atoms with Gasteiger partial charge in [-0.05, 0) is 70.7 Å². The Morgan fingerprint density at radius 2 is 1.96 bits per heavy atom. The van der Waals surface area contributed by atoms with Crippen LogP contribution in [0.3, 0.4) is 0 Å². The maximum Gasteiger partial charge on any atom is 0.162 e. The molecule has 132 valence electrons. The number of rotatable bonds is 6. The van der Waals surface area contributed by atoms with E-state index >= 15 is 0 Å². The molecule has 1 fully saturated rings. The minimum absolute atomic E-state index is 0.0965. The molecule has 0 saturated heterocycles. The minimum atomic E-state index is 0.0965. The number of carbonyl (C=O) groups excluding carboxylic acids is 1. The normalized spacial score (nSPS) is 20.2. The van der Waals surface area contributed by atoms with Crippen LogP contribution in [0.4, 0.5) is 5.69 Å². The average Bonchev–Trinajstić information content (AvgIpc) is 3.15. The number of nitrogens with one attached hydrogen (secondary N) is 1. The first-order valence-corrected chi connectivity index (χ1v) is 9.14. The molecule has 0 aromatic heterocycles. The van der Waals surface area contributed by atoms with E-state index in [9.17, 15) is 4.79 Å². The summed E-state index contributed by atoms with van der Waals surface area (Å²) in [5.74, 6) is 1.50. The Bertz CT molecular complexity index is 766. The van der Waals surface area contributed by atoms with Crippen LogP contribution >= 0.6 is 0 Å². The van der Waals surface area contributed by atoms with Gasteiger partial charge >= 0.3 is 0 Å². The molecule has 2 aliphatic rings. The van der Waals surface area contributed by atoms with Crippen molar-refractivity contribution in [3.8, 4) is 0 Å². The van der Waals surface area contributed by atoms with Crippen LogP contribution in [0.25, 0.3) is 0 Å². The van der Waals surface area contributed by atoms with Crippen LogP contribution < -0.4 is 5.32 Å². The van der Waals surface area contributed by atoms with Gasteiger partial charge in [0, 0.05) is 22.9 Å². The van der Waals surface area contributed by atoms with Gasteiger partial charge in [-0.2, -0.15) is 0 Å². The predicted molar refractivity (Wildman–Crippen MR) is 102 cm³/mol. The number of hydrogen-bond donors (Lipinski definition) is 1. The van der Waals surface area contributed by atoms with Crippen molar-refractivity contribution < 1.29 is 9.53 Å². The number of carbonyl (C=O) groups is 1. The summed E-state index contributed by atoms with van der Waals surface area (Å²) in [5.41, 5.74) is 6.37. The quantitative estimate of drug-likeness (QED) is 0.716. The van der Waals surface area contributed by atoms with E-state index in [-0.39, 0.29) is 5.78 Å². The molecule has 1 aromatic rings. The van der Waals surface area contributed by atoms with E-state index in [1.807, 2.05) is 26.0 Å². The van der Waals surface area contributed by atoms with Crippen LogP contribution in [0.1, 0.15) is 45.6 Å². The lowest BCUT2D eigenvalue weighted by molar-refractivity contribution is -0.113. The zero-order valence-electron chi connectivity index (χ0n) is 15.6. The SMILES string of the molecule is CCOC1=CC(/C(C(C)=O)=C(\C)Nc2ccc(C)cc2)=C2CCC[C@@H]12. The van der Waals surface area contributed by atoms with Gasteiger partial charge in [-0.3, -0.25) is 4.79 Å². The first-order chi connectivity index (χ1) is 12.0. The van der Waals surface area contributed by atoms with Crippen molar-refractivity contribution in [2.75, 3.05) is 11.9 Å². The van der Waals surface area contributed by atoms with Crippen LogP contribution in [0.2, 0.25) is 0 Å². The second-order valence-corrected chi connectivity index (χ2v) is 6.91. The third-order valence-corrected chi connectivity index (χ3v) is 5.03. The number of ether oxygens (including phenoxy) is 1. The summed E-state index contributed by atoms with van der Waals surface area (Å²) >= 11 is 0. The second-order valence-electron chi connectivity index (χ2n) is 6.91. The van der Waals surface area contributed by atoms with E-state index in [2.05, 4.69) is 30.4 Å². The average molecular weight is 337 g/mol. The molecule has 3 nitrogen and oxygen atoms in total. The first kappa shape index (κ1) is 17.5. The van der Waals surface area contributed by atoms with E-state index in [1.165, 1.54) is 17.6 Å². The molecule has 0 spiro atoms. The molecule has 1 saturated carbocycles. The van der Waals surface area contributed by atoms with Crippen LogP contribution in [-0.2, 0) is 9.53 Å². The molecule has 0 amide bonds. The maximum atomic E-state index is 12.5. The zero-order chi connectivity index (χ0) is 18.0. The van der Waals surface area contributed by atoms with Crippen molar-refractivity contribution in [3.05, 3.63) is 64.1 Å². The summed E-state index contributed by atoms with van der Waals surface area (Å²) in [7, 11) is 0. The molecule has 0 unspecified atom stereocenters. The molecule has 1 atom stereocenters. The molecule has 0 bridgehead atoms. The van der Waals surface area contributed by atoms with Gasteiger partial charge in [-0.15, -0.1) is 0 Å². The van der Waals surface area contributed by atoms with Crippen molar-refractivity contribution in [2.24, 2.45) is 5.92 Å². The number of Topliss-reactive ketones (excluding diaryl/α,β-unsaturated/α-hetero) is 1. The molecule has 25 heavy (non-hydrogen) atoms. The molecule has 3 heteroatoms. The Labute approximate surface area is 150 Å². The Morgan fingerprint density at radius 3 is 2.60 bits per heavy atom. The van der Waals surface area contributed by atoms with Gasteiger partial charge < -0.3 is 10.1 Å². The summed E-state index contributed by atoms with van der Waals surface area (Å²) < 4.78 is 5.85. The third-order valence-electron chi connectivity index (χ3n) is 5.03. The summed E-state index contributed by atoms with van der Waals surface area (Å²) in [6.07, 6.45) is 5.45. The lowest BCUT2D eigenvalue weighted by Crippen LogP contribution is -2.09. The fourth-order valence-electron chi connectivity index (χ4n) is 3.93. The predicted octanol–water partition coefficient (Wildman–Crippen LogP) is 5.30. The van der Waals surface area contributed by atoms with Gasteiger partial charge in [-0.1, -0.05) is 23.3 Å². The van der Waals surface area contributed by atoms with Gasteiger partial charge in [-0.25, -0.2) is 0 Å². The topological polar surface area (TPSA) is 38.3 Å². The summed E-state index contributed by atoms with van der Waals surface area (Å²) in [5, 5.41) is 3.41. The van der Waals surface area contributed by atoms with Crippen LogP contribution in [0.5, 0.6) is 0 Å². The number of fused-ring (bicyclic) bond motifs is 1. The fourth-order valence-corrected chi connectivity index (χ4v) is 3.93. The van der Waals surface area contributed by atoms with E-state index in [4.69, 9.17) is 4.74 Å². The van der Waals surface area contributed by atoms with Crippen molar-refractivity contribution >= 4 is 11.5 Å². The Kier molecular flexibility index (Phi) is 5.12. The maximum absolute atomic E-state index is 12.5. The summed E-state index contributed by atoms with van der Waals surface area (Å²) in [6, 6.07) is 8.23. The highest BCUT2D eigenvalue weighted by molar-refractivity contribution is 6.00. The van der Waals surface area contributed by atoms with E-state index in [1.54, 1.807) is 6.92 Å². The van der Waals surface area contributed by atoms with E-state index in [0.717, 1.165) is 41.1 Å². The van der Waals surface area contributed by atoms with Crippen LogP contribution in [0.15, 0.2) is 58.5 Å². The van der Waals surface area contributed by atoms with E-state index in [0.29, 0.717) is 12.5 Å². The van der Waals surface area contributed by atoms with E-state index < -0.39 is 0 Å². The van der Waals surface area contributed by atoms with Crippen molar-refractivity contribution in [2.45, 2.75) is 47.0 Å². The largest absolute Gasteiger partial charge is 0.498 e. The molecular weight excluding hydrogens is 310 g/mol. The molecule has 3 rings (SSSR count). The Balaban J connectivity index is 1.98. The Hall–Kier alpha value is -2.29. The number of allylic oxidation sites excluding steroid dienone is 5. The second kappa shape index (κ2) is 7.30. The highest BCUT2D eigenvalue weighted by Crippen LogP contribution is 2.46. The number of benzene rings is 1. The fraction of sp³-hybridized carbons (Fsp3) is 0.409. The Morgan fingerprint density at radius 1 is 1.24 bits per heavy atom. The highest BCUT2D eigenvalue weighted by Gasteiger charge is 2.35. The van der Waals surface area contributed by atoms with Crippen LogP contribution in [0, 0.1) is 12.8 Å². The molecule has 0 aliphatic heterocycles. The molecular formula is C22H27NO2. The molecule has 0 heterocycles. The van der Waals surface area contributed by atoms with Crippen molar-refractivity contribution in [1.82, 2.24) is 0 Å². The first-order valence-electron chi connectivity index (χ1n) is 9.14. The minimum Gasteiger partial charge on any atom is -0.498 e. The van der Waals surface area contributed by atoms with Gasteiger partial charge in [0.2, 0.25) is 0 Å². The highest BCUT2D eigenvalue weighted by atomic mass is 16.5. The zero-order valence-corrected chi connectivity index (χ0v) is 15.6. The van der Waals surface area contributed by atoms with Gasteiger partial charge in [0.05, 0.1) is 6.61 Å². The number of aryl methyl sites for hydroxylation is 1. The lowest BCUT2D eigenvalue weighted by atomic mass is 9.95. The molecule has 1 aromatic carbocycles. The van der Waals surface area contributed by atoms with Gasteiger partial charge in [0.25, 0.3) is 0 Å². The van der Waals surface area contributed by atoms with Gasteiger partial charge in [0.1, 0.15) is 5.76 Å². The monoisotopic (exact) mass is 337 g/mol. The lowest BCUT2D eigenvalue weighted by Gasteiger charge is -2.14. The molecule has 1 N–H and O–H groups in total. The van der Waals surface area contributed by atoms with Crippen molar-refractivity contribution in [3.63, 3.8) is 0 Å². The van der Waals surface area contributed by atoms with Crippen LogP contribution in [-0.4, -0.2) is 12.4 Å². The van der Waals surface area contributed by atoms with Crippen molar-refractivity contribution in [1.29, 1.82) is 0 Å².